The van der Waals surface area contributed by atoms with Crippen LogP contribution in [-0.2, 0) is 4.74 Å². The molecule has 1 fully saturated rings. The van der Waals surface area contributed by atoms with E-state index in [0.29, 0.717) is 17.4 Å². The Morgan fingerprint density at radius 2 is 1.87 bits per heavy atom. The van der Waals surface area contributed by atoms with Gasteiger partial charge in [0.15, 0.2) is 0 Å². The first kappa shape index (κ1) is 25.6. The van der Waals surface area contributed by atoms with Crippen molar-refractivity contribution >= 4 is 35.1 Å². The summed E-state index contributed by atoms with van der Waals surface area (Å²) in [6.45, 7) is 4.96. The molecule has 2 aliphatic heterocycles. The Kier molecular flexibility index (Phi) is 7.58. The van der Waals surface area contributed by atoms with E-state index in [1.165, 1.54) is 0 Å². The Labute approximate surface area is 232 Å². The molecule has 1 saturated heterocycles. The molecule has 9 heteroatoms. The van der Waals surface area contributed by atoms with E-state index in [4.69, 9.17) is 31.1 Å². The second-order valence-electron chi connectivity index (χ2n) is 9.56. The molecule has 1 N–H and O–H groups in total. The number of fused-ring (bicyclic) bond motifs is 2. The van der Waals surface area contributed by atoms with Crippen molar-refractivity contribution in [1.29, 1.82) is 0 Å². The van der Waals surface area contributed by atoms with Gasteiger partial charge < -0.3 is 19.4 Å². The Morgan fingerprint density at radius 1 is 1.05 bits per heavy atom. The van der Waals surface area contributed by atoms with Crippen molar-refractivity contribution in [2.24, 2.45) is 4.99 Å². The van der Waals surface area contributed by atoms with Crippen molar-refractivity contribution in [3.63, 3.8) is 0 Å². The molecule has 0 saturated carbocycles. The summed E-state index contributed by atoms with van der Waals surface area (Å²) in [6, 6.07) is 16.0. The van der Waals surface area contributed by atoms with Crippen molar-refractivity contribution < 1.29 is 9.47 Å². The van der Waals surface area contributed by atoms with Gasteiger partial charge in [0.05, 0.1) is 60.0 Å². The number of methoxy groups -OCH3 is 1. The van der Waals surface area contributed by atoms with Crippen LogP contribution in [0, 0.1) is 0 Å². The molecular weight excluding hydrogens is 512 g/mol. The maximum absolute atomic E-state index is 6.24. The van der Waals surface area contributed by atoms with Crippen LogP contribution in [0.3, 0.4) is 0 Å². The number of nitrogens with zero attached hydrogens (tertiary/aromatic N) is 5. The molecule has 0 amide bonds. The van der Waals surface area contributed by atoms with Gasteiger partial charge in [-0.3, -0.25) is 9.89 Å². The van der Waals surface area contributed by atoms with Gasteiger partial charge in [0.2, 0.25) is 5.88 Å². The average Bonchev–Trinajstić information content (AvgIpc) is 2.98. The monoisotopic (exact) mass is 542 g/mol. The molecule has 2 aliphatic carbocycles. The highest BCUT2D eigenvalue weighted by Crippen LogP contribution is 2.27. The van der Waals surface area contributed by atoms with Crippen LogP contribution in [0.5, 0.6) is 5.88 Å². The Balaban J connectivity index is 1.53. The van der Waals surface area contributed by atoms with E-state index in [0.717, 1.165) is 90.2 Å². The predicted octanol–water partition coefficient (Wildman–Crippen LogP) is 3.37. The molecule has 3 heterocycles. The number of halogens is 1. The van der Waals surface area contributed by atoms with Crippen LogP contribution in [0.15, 0.2) is 59.7 Å². The average molecular weight is 543 g/mol. The van der Waals surface area contributed by atoms with E-state index in [-0.39, 0.29) is 0 Å². The van der Waals surface area contributed by atoms with Crippen LogP contribution in [0.4, 0.5) is 11.4 Å². The fraction of sp³-hybridized carbons (Fsp3) is 0.300. The lowest BCUT2D eigenvalue weighted by atomic mass is 10.1. The number of benzene rings is 2. The maximum atomic E-state index is 6.24. The Morgan fingerprint density at radius 3 is 2.69 bits per heavy atom. The summed E-state index contributed by atoms with van der Waals surface area (Å²) in [7, 11) is 1.62. The number of hydrogen-bond acceptors (Lipinski definition) is 7. The van der Waals surface area contributed by atoms with E-state index >= 15 is 0 Å². The van der Waals surface area contributed by atoms with Crippen LogP contribution in [0.25, 0.3) is 29.2 Å². The minimum absolute atomic E-state index is 0.523. The normalized spacial score (nSPS) is 15.9. The Bertz CT molecular complexity index is 1630. The van der Waals surface area contributed by atoms with Gasteiger partial charge in [-0.15, -0.1) is 0 Å². The predicted molar refractivity (Wildman–Crippen MR) is 154 cm³/mol. The number of anilines is 2. The number of hydrogen-bond donors (Lipinski definition) is 1. The van der Waals surface area contributed by atoms with Crippen molar-refractivity contribution in [1.82, 2.24) is 19.4 Å². The van der Waals surface area contributed by atoms with Gasteiger partial charge in [-0.1, -0.05) is 23.8 Å². The lowest BCUT2D eigenvalue weighted by molar-refractivity contribution is 0.0394. The first-order valence-corrected chi connectivity index (χ1v) is 13.7. The first-order valence-electron chi connectivity index (χ1n) is 13.3. The quantitative estimate of drug-likeness (QED) is 0.386. The van der Waals surface area contributed by atoms with Crippen LogP contribution >= 0.6 is 11.6 Å². The summed E-state index contributed by atoms with van der Waals surface area (Å²) < 4.78 is 13.3. The fourth-order valence-corrected chi connectivity index (χ4v) is 5.21. The van der Waals surface area contributed by atoms with Gasteiger partial charge in [0.25, 0.3) is 0 Å². The minimum atomic E-state index is 0.523. The molecule has 1 aromatic heterocycles. The van der Waals surface area contributed by atoms with Gasteiger partial charge in [0, 0.05) is 36.5 Å². The third-order valence-corrected chi connectivity index (χ3v) is 7.29. The van der Waals surface area contributed by atoms with Gasteiger partial charge in [-0.25, -0.2) is 9.97 Å². The van der Waals surface area contributed by atoms with Crippen LogP contribution in [0.1, 0.15) is 12.8 Å². The molecule has 1 aromatic carbocycles. The lowest BCUT2D eigenvalue weighted by Crippen LogP contribution is -2.40. The summed E-state index contributed by atoms with van der Waals surface area (Å²) in [5, 5.41) is 7.14. The molecule has 0 radical (unpaired) electrons. The number of pyridine rings is 1. The summed E-state index contributed by atoms with van der Waals surface area (Å²) in [5.74, 6) is 0.523. The van der Waals surface area contributed by atoms with Gasteiger partial charge >= 0.3 is 0 Å². The Hall–Kier alpha value is -3.72. The molecule has 200 valence electrons. The summed E-state index contributed by atoms with van der Waals surface area (Å²) >= 11 is 6.24. The third kappa shape index (κ3) is 5.54. The number of morpholine rings is 1. The van der Waals surface area contributed by atoms with E-state index < -0.39 is 0 Å². The highest BCUT2D eigenvalue weighted by molar-refractivity contribution is 6.30. The van der Waals surface area contributed by atoms with E-state index in [1.54, 1.807) is 13.3 Å². The van der Waals surface area contributed by atoms with Crippen molar-refractivity contribution in [2.75, 3.05) is 51.8 Å². The second kappa shape index (κ2) is 11.6. The molecule has 0 spiro atoms. The van der Waals surface area contributed by atoms with Crippen LogP contribution < -0.4 is 26.1 Å². The fourth-order valence-electron chi connectivity index (χ4n) is 5.08. The SMILES string of the molecule is COc1ncccc1Nc1cc2nc3c(n(-c4ccc(Cl)cc4)c-2c/c1=N\CCN1CCOCC1)=CCCC=3. The topological polar surface area (TPSA) is 76.8 Å². The summed E-state index contributed by atoms with van der Waals surface area (Å²) in [5.41, 5.74) is 4.51. The van der Waals surface area contributed by atoms with Crippen molar-refractivity contribution in [2.45, 2.75) is 12.8 Å². The van der Waals surface area contributed by atoms with Crippen molar-refractivity contribution in [3.8, 4) is 23.0 Å². The smallest absolute Gasteiger partial charge is 0.237 e. The van der Waals surface area contributed by atoms with Gasteiger partial charge in [-0.2, -0.15) is 0 Å². The highest BCUT2D eigenvalue weighted by Gasteiger charge is 2.17. The lowest BCUT2D eigenvalue weighted by Gasteiger charge is -2.25. The van der Waals surface area contributed by atoms with Crippen molar-refractivity contribution in [3.05, 3.63) is 75.8 Å². The first-order chi connectivity index (χ1) is 19.2. The molecule has 39 heavy (non-hydrogen) atoms. The largest absolute Gasteiger partial charge is 0.480 e. The second-order valence-corrected chi connectivity index (χ2v) is 10.00. The van der Waals surface area contributed by atoms with E-state index in [9.17, 15) is 0 Å². The molecule has 6 rings (SSSR count). The molecular formula is C30H31ClN6O2. The maximum Gasteiger partial charge on any atom is 0.237 e. The zero-order valence-electron chi connectivity index (χ0n) is 21.9. The van der Waals surface area contributed by atoms with Crippen LogP contribution in [0.2, 0.25) is 5.02 Å². The minimum Gasteiger partial charge on any atom is -0.480 e. The van der Waals surface area contributed by atoms with Gasteiger partial charge in [0.1, 0.15) is 5.69 Å². The number of ether oxygens (including phenoxy) is 2. The zero-order valence-corrected chi connectivity index (χ0v) is 22.7. The molecule has 0 unspecified atom stereocenters. The summed E-state index contributed by atoms with van der Waals surface area (Å²) in [4.78, 5) is 16.9. The highest BCUT2D eigenvalue weighted by atomic mass is 35.5. The molecule has 4 aliphatic rings. The number of rotatable bonds is 7. The molecule has 8 nitrogen and oxygen atoms in total. The standard InChI is InChI=1S/C30H31ClN6O2/c1-38-30-24(6-4-12-33-30)35-26-19-27-29(20-25(26)32-13-14-36-15-17-39-18-16-36)37(22-10-8-21(31)9-11-22)28-7-3-2-5-23(28)34-27/h4-12,19-20,35H,2-3,13-18H2,1H3/b32-25+. The molecule has 0 bridgehead atoms. The van der Waals surface area contributed by atoms with Gasteiger partial charge in [-0.05, 0) is 61.4 Å². The third-order valence-electron chi connectivity index (χ3n) is 7.04. The van der Waals surface area contributed by atoms with E-state index in [1.807, 2.05) is 36.4 Å². The summed E-state index contributed by atoms with van der Waals surface area (Å²) in [6.07, 6.45) is 8.13. The zero-order chi connectivity index (χ0) is 26.6. The van der Waals surface area contributed by atoms with Crippen LogP contribution in [-0.4, -0.2) is 65.9 Å². The van der Waals surface area contributed by atoms with E-state index in [2.05, 4.69) is 44.1 Å². The number of nitrogens with one attached hydrogen (secondary N) is 1. The molecule has 2 aromatic rings. The molecule has 0 atom stereocenters. The number of aromatic nitrogens is 3.